The Balaban J connectivity index is -0.0000000300. The van der Waals surface area contributed by atoms with Gasteiger partial charge in [-0.1, -0.05) is 7.43 Å². The van der Waals surface area contributed by atoms with Crippen LogP contribution in [0.2, 0.25) is 0 Å². The van der Waals surface area contributed by atoms with Crippen molar-refractivity contribution in [3.63, 3.8) is 0 Å². The van der Waals surface area contributed by atoms with Crippen molar-refractivity contribution in [2.45, 2.75) is 7.43 Å². The summed E-state index contributed by atoms with van der Waals surface area (Å²) >= 11 is 0. The van der Waals surface area contributed by atoms with Crippen LogP contribution in [-0.4, -0.2) is 40.0 Å². The topological polar surface area (TPSA) is 0 Å². The first kappa shape index (κ1) is 22.7. The first-order chi connectivity index (χ1) is 3.46. The Morgan fingerprint density at radius 1 is 0.900 bits per heavy atom. The molecule has 10 heavy (non-hydrogen) atoms. The van der Waals surface area contributed by atoms with Crippen molar-refractivity contribution in [3.05, 3.63) is 0 Å². The second-order valence-corrected chi connectivity index (χ2v) is 8.52. The van der Waals surface area contributed by atoms with Gasteiger partial charge in [0.1, 0.15) is 0 Å². The molecule has 0 heterocycles. The van der Waals surface area contributed by atoms with E-state index >= 15 is 0 Å². The minimum Gasteiger partial charge on any atom is -0.116 e. The van der Waals surface area contributed by atoms with Crippen LogP contribution in [0.15, 0.2) is 0 Å². The fraction of sp³-hybridized carbons (Fsp3) is 1.00. The zero-order valence-corrected chi connectivity index (χ0v) is 12.3. The maximum Gasteiger partial charge on any atom is 0.0461 e. The van der Waals surface area contributed by atoms with Crippen molar-refractivity contribution in [2.24, 2.45) is 0 Å². The van der Waals surface area contributed by atoms with E-state index in [1.54, 1.807) is 0 Å². The molecule has 0 aliphatic carbocycles. The summed E-state index contributed by atoms with van der Waals surface area (Å²) in [6.07, 6.45) is 0. The van der Waals surface area contributed by atoms with Gasteiger partial charge in [-0.25, -0.2) is 0 Å². The van der Waals surface area contributed by atoms with Crippen molar-refractivity contribution in [3.8, 4) is 0 Å². The summed E-state index contributed by atoms with van der Waals surface area (Å²) in [4.78, 5) is 0. The second kappa shape index (κ2) is 17.2. The Hall–Kier alpha value is 1.96. The Bertz CT molecular complexity index is 27.1. The minimum absolute atomic E-state index is 0. The zero-order valence-electron chi connectivity index (χ0n) is 7.52. The van der Waals surface area contributed by atoms with Crippen molar-refractivity contribution in [1.82, 2.24) is 0 Å². The van der Waals surface area contributed by atoms with Gasteiger partial charge in [0.05, 0.1) is 0 Å². The molecule has 0 aliphatic rings. The molecule has 0 saturated carbocycles. The standard InChI is InChI=1S/2C3H9P.CH4.Y/c2*1-4(2)3;;/h2*1-3H3;1H4;/p+1. The zero-order chi connectivity index (χ0) is 7.15. The summed E-state index contributed by atoms with van der Waals surface area (Å²) in [5, 5.41) is 0. The SMILES string of the molecule is C.CP(C)C.C[PH+](C)C.[Y]. The summed E-state index contributed by atoms with van der Waals surface area (Å²) in [5.74, 6) is 0. The van der Waals surface area contributed by atoms with E-state index in [0.717, 1.165) is 0 Å². The van der Waals surface area contributed by atoms with Gasteiger partial charge in [0.25, 0.3) is 0 Å². The molecule has 0 saturated heterocycles. The molecule has 0 amide bonds. The largest absolute Gasteiger partial charge is 0.116 e. The smallest absolute Gasteiger partial charge is 0.0461 e. The predicted molar refractivity (Wildman–Crippen MR) is 57.5 cm³/mol. The molecule has 3 heteroatoms. The molecular weight excluding hydrogens is 235 g/mol. The molecule has 0 atom stereocenters. The molecule has 0 aromatic carbocycles. The molecule has 1 radical (unpaired) electrons. The van der Waals surface area contributed by atoms with Crippen LogP contribution in [0, 0.1) is 0 Å². The third kappa shape index (κ3) is 208. The number of rotatable bonds is 0. The van der Waals surface area contributed by atoms with Gasteiger partial charge >= 0.3 is 0 Å². The van der Waals surface area contributed by atoms with Crippen molar-refractivity contribution in [2.75, 3.05) is 40.0 Å². The predicted octanol–water partition coefficient (Wildman–Crippen LogP) is 3.08. The van der Waals surface area contributed by atoms with Gasteiger partial charge in [0.2, 0.25) is 0 Å². The summed E-state index contributed by atoms with van der Waals surface area (Å²) in [5.41, 5.74) is 0. The van der Waals surface area contributed by atoms with E-state index < -0.39 is 0 Å². The van der Waals surface area contributed by atoms with E-state index in [1.165, 1.54) is 0 Å². The van der Waals surface area contributed by atoms with Crippen LogP contribution in [0.25, 0.3) is 0 Å². The molecule has 0 aromatic heterocycles. The molecule has 0 bridgehead atoms. The average Bonchev–Trinajstić information content (AvgIpc) is 1.25. The molecule has 0 rings (SSSR count). The Morgan fingerprint density at radius 3 is 0.900 bits per heavy atom. The molecule has 63 valence electrons. The van der Waals surface area contributed by atoms with Crippen molar-refractivity contribution >= 4 is 15.8 Å². The van der Waals surface area contributed by atoms with Gasteiger partial charge in [-0.15, -0.1) is 7.92 Å². The summed E-state index contributed by atoms with van der Waals surface area (Å²) < 4.78 is 0. The van der Waals surface area contributed by atoms with Gasteiger partial charge in [0.15, 0.2) is 0 Å². The van der Waals surface area contributed by atoms with E-state index in [9.17, 15) is 0 Å². The molecular formula is C7H23P2Y+. The van der Waals surface area contributed by atoms with Gasteiger partial charge in [-0.2, -0.15) is 0 Å². The van der Waals surface area contributed by atoms with Gasteiger partial charge in [-0.05, 0) is 27.9 Å². The monoisotopic (exact) mass is 258 g/mol. The molecule has 0 spiro atoms. The molecule has 0 nitrogen and oxygen atoms in total. The van der Waals surface area contributed by atoms with Gasteiger partial charge in [0, 0.05) is 52.7 Å². The van der Waals surface area contributed by atoms with Crippen molar-refractivity contribution in [1.29, 1.82) is 0 Å². The van der Waals surface area contributed by atoms with Crippen molar-refractivity contribution < 1.29 is 32.7 Å². The average molecular weight is 258 g/mol. The minimum atomic E-state index is 0. The maximum absolute atomic E-state index is 2.27. The van der Waals surface area contributed by atoms with E-state index in [2.05, 4.69) is 40.0 Å². The van der Waals surface area contributed by atoms with Crippen LogP contribution in [0.3, 0.4) is 0 Å². The molecule has 0 unspecified atom stereocenters. The second-order valence-electron chi connectivity index (χ2n) is 2.84. The van der Waals surface area contributed by atoms with Gasteiger partial charge < -0.3 is 0 Å². The van der Waals surface area contributed by atoms with Crippen LogP contribution >= 0.6 is 15.8 Å². The molecule has 0 fully saturated rings. The normalized spacial score (nSPS) is 7.20. The van der Waals surface area contributed by atoms with E-state index in [1.807, 2.05) is 0 Å². The van der Waals surface area contributed by atoms with Crippen LogP contribution in [0.5, 0.6) is 0 Å². The van der Waals surface area contributed by atoms with Crippen LogP contribution < -0.4 is 0 Å². The molecule has 0 aromatic rings. The van der Waals surface area contributed by atoms with Crippen LogP contribution in [0.1, 0.15) is 7.43 Å². The van der Waals surface area contributed by atoms with Crippen LogP contribution in [-0.2, 0) is 32.7 Å². The summed E-state index contributed by atoms with van der Waals surface area (Å²) in [6, 6.07) is 0. The Morgan fingerprint density at radius 2 is 0.900 bits per heavy atom. The van der Waals surface area contributed by atoms with E-state index in [0.29, 0.717) is 7.92 Å². The summed E-state index contributed by atoms with van der Waals surface area (Å²) in [6.45, 7) is 13.5. The van der Waals surface area contributed by atoms with Gasteiger partial charge in [-0.3, -0.25) is 0 Å². The fourth-order valence-electron chi connectivity index (χ4n) is 0. The molecule has 0 N–H and O–H groups in total. The fourth-order valence-corrected chi connectivity index (χ4v) is 0. The van der Waals surface area contributed by atoms with E-state index in [-0.39, 0.29) is 48.1 Å². The van der Waals surface area contributed by atoms with E-state index in [4.69, 9.17) is 0 Å². The third-order valence-corrected chi connectivity index (χ3v) is 0. The number of hydrogen-bond donors (Lipinski definition) is 0. The quantitative estimate of drug-likeness (QED) is 0.586. The van der Waals surface area contributed by atoms with Crippen LogP contribution in [0.4, 0.5) is 0 Å². The third-order valence-electron chi connectivity index (χ3n) is 0. The Kier molecular flexibility index (Phi) is 38.9. The maximum atomic E-state index is 2.27. The number of hydrogen-bond acceptors (Lipinski definition) is 0. The first-order valence-electron chi connectivity index (χ1n) is 2.84. The Labute approximate surface area is 95.3 Å². The summed E-state index contributed by atoms with van der Waals surface area (Å²) in [7, 11) is 0.500. The molecule has 0 aliphatic heterocycles. The first-order valence-corrected chi connectivity index (χ1v) is 8.52.